The Morgan fingerprint density at radius 3 is 2.62 bits per heavy atom. The molecule has 0 aliphatic rings. The molecule has 0 aliphatic heterocycles. The predicted octanol–water partition coefficient (Wildman–Crippen LogP) is 3.24. The summed E-state index contributed by atoms with van der Waals surface area (Å²) in [5.41, 5.74) is 1.04. The van der Waals surface area contributed by atoms with Crippen molar-refractivity contribution in [3.63, 3.8) is 0 Å². The van der Waals surface area contributed by atoms with E-state index < -0.39 is 0 Å². The van der Waals surface area contributed by atoms with Gasteiger partial charge in [0.05, 0.1) is 11.3 Å². The number of ether oxygens (including phenoxy) is 1. The van der Waals surface area contributed by atoms with E-state index in [1.807, 2.05) is 0 Å². The molecular formula is C19H29N3O3S. The SMILES string of the molecule is CCCCCCC(=O)NC(=S)Nc1ccccc1C(=O)NCCCOC. The molecule has 3 N–H and O–H groups in total. The van der Waals surface area contributed by atoms with Gasteiger partial charge in [-0.1, -0.05) is 38.3 Å². The third kappa shape index (κ3) is 8.92. The molecule has 26 heavy (non-hydrogen) atoms. The van der Waals surface area contributed by atoms with E-state index >= 15 is 0 Å². The fourth-order valence-electron chi connectivity index (χ4n) is 2.36. The smallest absolute Gasteiger partial charge is 0.253 e. The van der Waals surface area contributed by atoms with Gasteiger partial charge in [-0.2, -0.15) is 0 Å². The highest BCUT2D eigenvalue weighted by Gasteiger charge is 2.12. The van der Waals surface area contributed by atoms with Crippen molar-refractivity contribution in [3.8, 4) is 0 Å². The minimum absolute atomic E-state index is 0.111. The Balaban J connectivity index is 2.52. The number of anilines is 1. The highest BCUT2D eigenvalue weighted by molar-refractivity contribution is 7.80. The first-order chi connectivity index (χ1) is 12.6. The number of unbranched alkanes of at least 4 members (excludes halogenated alkanes) is 3. The van der Waals surface area contributed by atoms with Crippen LogP contribution in [0.4, 0.5) is 5.69 Å². The summed E-state index contributed by atoms with van der Waals surface area (Å²) in [7, 11) is 1.63. The maximum atomic E-state index is 12.3. The van der Waals surface area contributed by atoms with Gasteiger partial charge in [0.15, 0.2) is 5.11 Å². The van der Waals surface area contributed by atoms with Crippen LogP contribution in [0.3, 0.4) is 0 Å². The zero-order chi connectivity index (χ0) is 19.2. The second-order valence-electron chi connectivity index (χ2n) is 5.96. The Hall–Kier alpha value is -1.99. The summed E-state index contributed by atoms with van der Waals surface area (Å²) in [4.78, 5) is 24.2. The molecule has 0 bridgehead atoms. The summed E-state index contributed by atoms with van der Waals surface area (Å²) < 4.78 is 4.96. The van der Waals surface area contributed by atoms with Crippen LogP contribution in [0.1, 0.15) is 55.8 Å². The standard InChI is InChI=1S/C19H29N3O3S/c1-3-4-5-6-12-17(23)22-19(26)21-16-11-8-7-10-15(16)18(24)20-13-9-14-25-2/h7-8,10-11H,3-6,9,12-14H2,1-2H3,(H,20,24)(H2,21,22,23,26). The number of amides is 2. The van der Waals surface area contributed by atoms with Crippen LogP contribution in [0.2, 0.25) is 0 Å². The topological polar surface area (TPSA) is 79.5 Å². The minimum atomic E-state index is -0.196. The Morgan fingerprint density at radius 2 is 1.88 bits per heavy atom. The quantitative estimate of drug-likeness (QED) is 0.406. The summed E-state index contributed by atoms with van der Waals surface area (Å²) in [5.74, 6) is -0.307. The molecule has 1 aromatic carbocycles. The lowest BCUT2D eigenvalue weighted by atomic mass is 10.1. The lowest BCUT2D eigenvalue weighted by Crippen LogP contribution is -2.35. The van der Waals surface area contributed by atoms with Crippen molar-refractivity contribution in [2.24, 2.45) is 0 Å². The van der Waals surface area contributed by atoms with Gasteiger partial charge >= 0.3 is 0 Å². The van der Waals surface area contributed by atoms with E-state index in [1.54, 1.807) is 31.4 Å². The van der Waals surface area contributed by atoms with Gasteiger partial charge in [0.25, 0.3) is 5.91 Å². The molecule has 7 heteroatoms. The van der Waals surface area contributed by atoms with E-state index in [1.165, 1.54) is 0 Å². The van der Waals surface area contributed by atoms with Crippen molar-refractivity contribution in [3.05, 3.63) is 29.8 Å². The van der Waals surface area contributed by atoms with E-state index in [-0.39, 0.29) is 16.9 Å². The van der Waals surface area contributed by atoms with Crippen molar-refractivity contribution in [1.29, 1.82) is 0 Å². The van der Waals surface area contributed by atoms with Gasteiger partial charge in [0.2, 0.25) is 5.91 Å². The van der Waals surface area contributed by atoms with Gasteiger partial charge in [-0.15, -0.1) is 0 Å². The first-order valence-corrected chi connectivity index (χ1v) is 9.46. The maximum absolute atomic E-state index is 12.3. The molecule has 0 aromatic heterocycles. The summed E-state index contributed by atoms with van der Waals surface area (Å²) in [6.45, 7) is 3.25. The number of methoxy groups -OCH3 is 1. The zero-order valence-electron chi connectivity index (χ0n) is 15.6. The van der Waals surface area contributed by atoms with Crippen LogP contribution in [0.25, 0.3) is 0 Å². The van der Waals surface area contributed by atoms with Gasteiger partial charge in [-0.3, -0.25) is 9.59 Å². The molecule has 1 rings (SSSR count). The van der Waals surface area contributed by atoms with Gasteiger partial charge < -0.3 is 20.7 Å². The molecule has 0 unspecified atom stereocenters. The van der Waals surface area contributed by atoms with Crippen molar-refractivity contribution in [2.45, 2.75) is 45.4 Å². The zero-order valence-corrected chi connectivity index (χ0v) is 16.4. The molecule has 144 valence electrons. The van der Waals surface area contributed by atoms with Crippen molar-refractivity contribution in [1.82, 2.24) is 10.6 Å². The molecule has 1 aromatic rings. The maximum Gasteiger partial charge on any atom is 0.253 e. The van der Waals surface area contributed by atoms with Crippen LogP contribution in [-0.2, 0) is 9.53 Å². The van der Waals surface area contributed by atoms with E-state index in [4.69, 9.17) is 17.0 Å². The average Bonchev–Trinajstić information content (AvgIpc) is 2.62. The molecule has 0 aliphatic carbocycles. The number of rotatable bonds is 11. The Morgan fingerprint density at radius 1 is 1.12 bits per heavy atom. The van der Waals surface area contributed by atoms with Gasteiger partial charge in [-0.25, -0.2) is 0 Å². The molecule has 6 nitrogen and oxygen atoms in total. The van der Waals surface area contributed by atoms with Crippen LogP contribution in [0, 0.1) is 0 Å². The predicted molar refractivity (Wildman–Crippen MR) is 108 cm³/mol. The second-order valence-corrected chi connectivity index (χ2v) is 6.37. The molecule has 0 heterocycles. The van der Waals surface area contributed by atoms with Crippen LogP contribution < -0.4 is 16.0 Å². The molecule has 2 amide bonds. The van der Waals surface area contributed by atoms with Crippen molar-refractivity contribution in [2.75, 3.05) is 25.6 Å². The highest BCUT2D eigenvalue weighted by Crippen LogP contribution is 2.15. The highest BCUT2D eigenvalue weighted by atomic mass is 32.1. The van der Waals surface area contributed by atoms with Gasteiger partial charge in [-0.05, 0) is 37.2 Å². The number of hydrogen-bond donors (Lipinski definition) is 3. The molecule has 0 spiro atoms. The monoisotopic (exact) mass is 379 g/mol. The van der Waals surface area contributed by atoms with Crippen molar-refractivity contribution >= 4 is 34.8 Å². The molecule has 0 fully saturated rings. The van der Waals surface area contributed by atoms with E-state index in [0.29, 0.717) is 30.8 Å². The Labute approximate surface area is 161 Å². The number of para-hydroxylation sites is 1. The summed E-state index contributed by atoms with van der Waals surface area (Å²) >= 11 is 5.19. The van der Waals surface area contributed by atoms with E-state index in [0.717, 1.165) is 32.1 Å². The van der Waals surface area contributed by atoms with Crippen molar-refractivity contribution < 1.29 is 14.3 Å². The first-order valence-electron chi connectivity index (χ1n) is 9.05. The lowest BCUT2D eigenvalue weighted by molar-refractivity contribution is -0.119. The molecular weight excluding hydrogens is 350 g/mol. The first kappa shape index (κ1) is 22.1. The normalized spacial score (nSPS) is 10.2. The van der Waals surface area contributed by atoms with Crippen LogP contribution in [0.5, 0.6) is 0 Å². The van der Waals surface area contributed by atoms with Gasteiger partial charge in [0, 0.05) is 26.7 Å². The molecule has 0 saturated carbocycles. The number of hydrogen-bond acceptors (Lipinski definition) is 4. The molecule has 0 saturated heterocycles. The van der Waals surface area contributed by atoms with E-state index in [9.17, 15) is 9.59 Å². The summed E-state index contributed by atoms with van der Waals surface area (Å²) in [6.07, 6.45) is 5.33. The number of carbonyl (C=O) groups excluding carboxylic acids is 2. The number of benzene rings is 1. The molecule has 0 radical (unpaired) electrons. The number of thiocarbonyl (C=S) groups is 1. The van der Waals surface area contributed by atoms with Gasteiger partial charge in [0.1, 0.15) is 0 Å². The van der Waals surface area contributed by atoms with Crippen LogP contribution in [0.15, 0.2) is 24.3 Å². The summed E-state index contributed by atoms with van der Waals surface area (Å²) in [6, 6.07) is 7.05. The number of carbonyl (C=O) groups is 2. The van der Waals surface area contributed by atoms with Crippen LogP contribution >= 0.6 is 12.2 Å². The number of nitrogens with one attached hydrogen (secondary N) is 3. The Bertz CT molecular complexity index is 593. The van der Waals surface area contributed by atoms with E-state index in [2.05, 4.69) is 22.9 Å². The third-order valence-corrected chi connectivity index (χ3v) is 3.95. The summed E-state index contributed by atoms with van der Waals surface area (Å²) in [5, 5.41) is 8.64. The fraction of sp³-hybridized carbons (Fsp3) is 0.526. The van der Waals surface area contributed by atoms with Crippen LogP contribution in [-0.4, -0.2) is 37.2 Å². The third-order valence-electron chi connectivity index (χ3n) is 3.74. The Kier molecular flexibility index (Phi) is 11.2. The largest absolute Gasteiger partial charge is 0.385 e. The minimum Gasteiger partial charge on any atom is -0.385 e. The molecule has 0 atom stereocenters. The second kappa shape index (κ2) is 13.2. The average molecular weight is 380 g/mol. The fourth-order valence-corrected chi connectivity index (χ4v) is 2.58. The lowest BCUT2D eigenvalue weighted by Gasteiger charge is -2.13.